The number of piperazine rings is 1. The highest BCUT2D eigenvalue weighted by Crippen LogP contribution is 2.58. The third-order valence-electron chi connectivity index (χ3n) is 13.8. The first-order valence-corrected chi connectivity index (χ1v) is 24.4. The van der Waals surface area contributed by atoms with Gasteiger partial charge >= 0.3 is 5.63 Å². The van der Waals surface area contributed by atoms with Gasteiger partial charge in [0.1, 0.15) is 28.2 Å². The summed E-state index contributed by atoms with van der Waals surface area (Å²) in [6.07, 6.45) is 0. The molecule has 69 heavy (non-hydrogen) atoms. The minimum absolute atomic E-state index is 0.0477. The zero-order chi connectivity index (χ0) is 48.6. The number of fused-ring (bicyclic) bond motifs is 7. The van der Waals surface area contributed by atoms with Gasteiger partial charge in [-0.25, -0.2) is 9.80 Å². The maximum Gasteiger partial charge on any atom is 0.349 e. The largest absolute Gasteiger partial charge is 0.456 e. The number of rotatable bonds is 13. The SMILES string of the molecule is CCN(CC)c1ccc2c(c1)Oc1cc(N(CC)CC)ccc1C21c2cc(C(=O)N3CCN(C(=O)c4cc5ccc(N(CC)CC)cc5oc4=O)CC3)ccc2C(=O)N1NC(=S)Nc1ccccc1. The maximum atomic E-state index is 15.1. The number of nitrogens with zero attached hydrogens (tertiary/aromatic N) is 6. The van der Waals surface area contributed by atoms with Crippen LogP contribution in [0.3, 0.4) is 0 Å². The first-order chi connectivity index (χ1) is 33.5. The fourth-order valence-electron chi connectivity index (χ4n) is 10.1. The van der Waals surface area contributed by atoms with E-state index in [-0.39, 0.29) is 48.7 Å². The molecule has 2 N–H and O–H groups in total. The number of anilines is 4. The van der Waals surface area contributed by atoms with E-state index < -0.39 is 17.1 Å². The number of carbonyl (C=O) groups is 3. The van der Waals surface area contributed by atoms with Gasteiger partial charge in [0.05, 0.1) is 0 Å². The molecule has 0 unspecified atom stereocenters. The Balaban J connectivity index is 1.08. The Morgan fingerprint density at radius 1 is 0.623 bits per heavy atom. The average Bonchev–Trinajstić information content (AvgIpc) is 3.60. The molecule has 15 heteroatoms. The minimum atomic E-state index is -1.36. The van der Waals surface area contributed by atoms with Crippen molar-refractivity contribution in [2.24, 2.45) is 0 Å². The molecule has 3 aliphatic rings. The first-order valence-electron chi connectivity index (χ1n) is 24.0. The van der Waals surface area contributed by atoms with E-state index in [1.54, 1.807) is 33.0 Å². The lowest BCUT2D eigenvalue weighted by molar-refractivity contribution is 0.0533. The van der Waals surface area contributed by atoms with Crippen LogP contribution in [0.1, 0.15) is 89.3 Å². The summed E-state index contributed by atoms with van der Waals surface area (Å²) in [4.78, 5) is 66.9. The van der Waals surface area contributed by atoms with Crippen LogP contribution in [0.5, 0.6) is 11.5 Å². The number of hydrogen-bond acceptors (Lipinski definition) is 10. The molecule has 14 nitrogen and oxygen atoms in total. The molecule has 0 saturated carbocycles. The lowest BCUT2D eigenvalue weighted by Gasteiger charge is -2.44. The van der Waals surface area contributed by atoms with Crippen molar-refractivity contribution in [3.63, 3.8) is 0 Å². The quantitative estimate of drug-likeness (QED) is 0.0848. The number of ether oxygens (including phenoxy) is 1. The van der Waals surface area contributed by atoms with Crippen molar-refractivity contribution in [1.82, 2.24) is 20.2 Å². The molecule has 6 aromatic rings. The van der Waals surface area contributed by atoms with Crippen LogP contribution in [-0.4, -0.2) is 103 Å². The van der Waals surface area contributed by atoms with E-state index in [1.807, 2.05) is 91.0 Å². The molecule has 4 heterocycles. The van der Waals surface area contributed by atoms with Crippen LogP contribution < -0.4 is 35.8 Å². The molecule has 3 amide bonds. The Hall–Kier alpha value is -7.39. The van der Waals surface area contributed by atoms with Crippen LogP contribution in [0.15, 0.2) is 118 Å². The normalized spacial score (nSPS) is 14.5. The molecule has 0 aliphatic carbocycles. The second kappa shape index (κ2) is 19.3. The van der Waals surface area contributed by atoms with E-state index in [0.717, 1.165) is 62.0 Å². The second-order valence-electron chi connectivity index (χ2n) is 17.3. The maximum absolute atomic E-state index is 15.1. The fraction of sp³-hybridized carbons (Fsp3) is 0.315. The van der Waals surface area contributed by atoms with Gasteiger partial charge in [-0.15, -0.1) is 0 Å². The van der Waals surface area contributed by atoms with Gasteiger partial charge in [0.2, 0.25) is 0 Å². The van der Waals surface area contributed by atoms with Crippen LogP contribution in [0, 0.1) is 0 Å². The molecule has 356 valence electrons. The summed E-state index contributed by atoms with van der Waals surface area (Å²) in [6, 6.07) is 34.2. The van der Waals surface area contributed by atoms with Crippen molar-refractivity contribution in [2.45, 2.75) is 47.1 Å². The van der Waals surface area contributed by atoms with E-state index >= 15 is 4.79 Å². The lowest BCUT2D eigenvalue weighted by atomic mass is 9.74. The van der Waals surface area contributed by atoms with E-state index in [0.29, 0.717) is 50.3 Å². The van der Waals surface area contributed by atoms with Gasteiger partial charge in [0, 0.05) is 140 Å². The van der Waals surface area contributed by atoms with Crippen molar-refractivity contribution in [3.05, 3.63) is 153 Å². The molecule has 1 spiro atoms. The van der Waals surface area contributed by atoms with Crippen molar-refractivity contribution in [1.29, 1.82) is 0 Å². The minimum Gasteiger partial charge on any atom is -0.456 e. The van der Waals surface area contributed by atoms with Crippen molar-refractivity contribution >= 4 is 68.8 Å². The molecule has 3 aliphatic heterocycles. The van der Waals surface area contributed by atoms with Crippen LogP contribution >= 0.6 is 12.2 Å². The lowest BCUT2D eigenvalue weighted by Crippen LogP contribution is -2.56. The Morgan fingerprint density at radius 2 is 1.16 bits per heavy atom. The van der Waals surface area contributed by atoms with Gasteiger partial charge in [-0.05, 0) is 114 Å². The molecular formula is C54H58N8O6S. The summed E-state index contributed by atoms with van der Waals surface area (Å²) in [5, 5.41) is 5.68. The highest BCUT2D eigenvalue weighted by atomic mass is 32.1. The monoisotopic (exact) mass is 946 g/mol. The summed E-state index contributed by atoms with van der Waals surface area (Å²) in [5.41, 5.74) is 8.00. The van der Waals surface area contributed by atoms with Gasteiger partial charge < -0.3 is 39.0 Å². The third kappa shape index (κ3) is 8.28. The zero-order valence-corrected chi connectivity index (χ0v) is 40.8. The van der Waals surface area contributed by atoms with Crippen LogP contribution in [0.2, 0.25) is 0 Å². The molecule has 1 fully saturated rings. The number of hydrogen-bond donors (Lipinski definition) is 2. The number of benzene rings is 5. The Morgan fingerprint density at radius 3 is 1.72 bits per heavy atom. The summed E-state index contributed by atoms with van der Waals surface area (Å²) in [5.74, 6) is 0.104. The molecule has 5 aromatic carbocycles. The van der Waals surface area contributed by atoms with Gasteiger partial charge in [-0.3, -0.25) is 19.8 Å². The standard InChI is InChI=1S/C54H58N8O6S/c1-7-57(8-2)38-20-18-35-30-42(52(66)68-46(35)32-38)50(64)61-28-26-60(27-29-61)49(63)36-19-23-41-45(31-36)54(62(51(41)65)56-53(69)55-37-16-14-13-15-17-37)43-24-21-39(58(9-3)10-4)33-47(43)67-48-34-40(22-25-44(48)54)59(11-5)12-6/h13-25,30-34H,7-12,26-29H2,1-6H3,(H2,55,56,69). The third-order valence-corrected chi connectivity index (χ3v) is 14.0. The van der Waals surface area contributed by atoms with Gasteiger partial charge in [0.15, 0.2) is 5.11 Å². The predicted molar refractivity (Wildman–Crippen MR) is 276 cm³/mol. The molecule has 9 rings (SSSR count). The van der Waals surface area contributed by atoms with Gasteiger partial charge in [-0.1, -0.05) is 30.3 Å². The van der Waals surface area contributed by atoms with Crippen LogP contribution in [-0.2, 0) is 5.54 Å². The van der Waals surface area contributed by atoms with E-state index in [9.17, 15) is 14.4 Å². The highest BCUT2D eigenvalue weighted by molar-refractivity contribution is 7.80. The van der Waals surface area contributed by atoms with Crippen LogP contribution in [0.25, 0.3) is 11.0 Å². The summed E-state index contributed by atoms with van der Waals surface area (Å²) >= 11 is 5.95. The average molecular weight is 947 g/mol. The zero-order valence-electron chi connectivity index (χ0n) is 40.0. The first kappa shape index (κ1) is 46.7. The Kier molecular flexibility index (Phi) is 13.1. The van der Waals surface area contributed by atoms with Gasteiger partial charge in [-0.2, -0.15) is 0 Å². The van der Waals surface area contributed by atoms with E-state index in [1.165, 1.54) is 0 Å². The highest BCUT2D eigenvalue weighted by Gasteiger charge is 2.58. The molecule has 0 bridgehead atoms. The van der Waals surface area contributed by atoms with E-state index in [2.05, 4.69) is 67.0 Å². The second-order valence-corrected chi connectivity index (χ2v) is 17.7. The van der Waals surface area contributed by atoms with Crippen LogP contribution in [0.4, 0.5) is 22.7 Å². The topological polar surface area (TPSA) is 134 Å². The Labute approximate surface area is 408 Å². The molecular weight excluding hydrogens is 889 g/mol. The number of thiocarbonyl (C=S) groups is 1. The number of para-hydroxylation sites is 1. The number of hydrazine groups is 1. The van der Waals surface area contributed by atoms with Crippen molar-refractivity contribution < 1.29 is 23.5 Å². The van der Waals surface area contributed by atoms with E-state index in [4.69, 9.17) is 21.4 Å². The summed E-state index contributed by atoms with van der Waals surface area (Å²) in [6.45, 7) is 18.2. The summed E-state index contributed by atoms with van der Waals surface area (Å²) in [7, 11) is 0. The predicted octanol–water partition coefficient (Wildman–Crippen LogP) is 8.68. The van der Waals surface area contributed by atoms with Gasteiger partial charge in [0.25, 0.3) is 17.7 Å². The van der Waals surface area contributed by atoms with Crippen molar-refractivity contribution in [3.8, 4) is 11.5 Å². The summed E-state index contributed by atoms with van der Waals surface area (Å²) < 4.78 is 12.6. The molecule has 0 radical (unpaired) electrons. The smallest absolute Gasteiger partial charge is 0.349 e. The Bertz CT molecular complexity index is 2950. The molecule has 1 aromatic heterocycles. The number of amides is 3. The molecule has 0 atom stereocenters. The van der Waals surface area contributed by atoms with Crippen molar-refractivity contribution in [2.75, 3.05) is 85.5 Å². The number of nitrogens with one attached hydrogen (secondary N) is 2. The number of carbonyl (C=O) groups excluding carboxylic acids is 3. The molecule has 1 saturated heterocycles. The fourth-order valence-corrected chi connectivity index (χ4v) is 10.3.